The molecular weight excluding hydrogens is 846 g/mol. The molecule has 352 valence electrons. The van der Waals surface area contributed by atoms with Crippen LogP contribution in [0.25, 0.3) is 11.0 Å². The molecule has 6 N–H and O–H groups in total. The van der Waals surface area contributed by atoms with Crippen molar-refractivity contribution in [3.8, 4) is 5.75 Å². The first-order valence-electron chi connectivity index (χ1n) is 24.8. The van der Waals surface area contributed by atoms with Gasteiger partial charge in [0, 0.05) is 86.6 Å². The van der Waals surface area contributed by atoms with Gasteiger partial charge in [-0.15, -0.1) is 0 Å². The van der Waals surface area contributed by atoms with E-state index in [0.717, 1.165) is 93.7 Å². The molecule has 1 spiro atoms. The Morgan fingerprint density at radius 2 is 1.60 bits per heavy atom. The number of piperazine rings is 1. The summed E-state index contributed by atoms with van der Waals surface area (Å²) in [6.07, 6.45) is 19.9. The molecule has 7 heterocycles. The number of piperidine rings is 2. The van der Waals surface area contributed by atoms with Crippen molar-refractivity contribution in [2.24, 2.45) is 17.1 Å². The Morgan fingerprint density at radius 1 is 0.866 bits per heavy atom. The Morgan fingerprint density at radius 3 is 2.28 bits per heavy atom. The molecule has 11 rings (SSSR count). The molecule has 0 radical (unpaired) electrons. The van der Waals surface area contributed by atoms with Crippen LogP contribution < -0.4 is 25.8 Å². The Kier molecular flexibility index (Phi) is 11.5. The molecule has 2 bridgehead atoms. The third-order valence-corrected chi connectivity index (χ3v) is 16.7. The van der Waals surface area contributed by atoms with Crippen molar-refractivity contribution in [3.63, 3.8) is 0 Å². The molecule has 2 saturated carbocycles. The molecule has 5 aliphatic heterocycles. The second-order valence-corrected chi connectivity index (χ2v) is 20.8. The number of para-hydroxylation sites is 1. The molecule has 14 nitrogen and oxygen atoms in total. The minimum absolute atomic E-state index is 0.0212. The fraction of sp³-hybridized carbons (Fsp3) is 0.519. The molecule has 3 amide bonds. The van der Waals surface area contributed by atoms with E-state index in [2.05, 4.69) is 47.8 Å². The highest BCUT2D eigenvalue weighted by Crippen LogP contribution is 2.50. The van der Waals surface area contributed by atoms with Crippen LogP contribution >= 0.6 is 0 Å². The van der Waals surface area contributed by atoms with Gasteiger partial charge >= 0.3 is 6.03 Å². The lowest BCUT2D eigenvalue weighted by Gasteiger charge is -2.47. The Balaban J connectivity index is 0.672. The summed E-state index contributed by atoms with van der Waals surface area (Å²) in [5, 5.41) is 31.0. The predicted molar refractivity (Wildman–Crippen MR) is 260 cm³/mol. The highest BCUT2D eigenvalue weighted by Gasteiger charge is 2.43. The van der Waals surface area contributed by atoms with E-state index in [1.54, 1.807) is 41.3 Å². The second kappa shape index (κ2) is 17.6. The number of phenols is 1. The van der Waals surface area contributed by atoms with E-state index in [4.69, 9.17) is 21.5 Å². The highest BCUT2D eigenvalue weighted by atomic mass is 19.1. The molecule has 4 aromatic rings. The number of aromatic nitrogens is 2. The number of fused-ring (bicyclic) bond motifs is 3. The molecule has 2 aromatic carbocycles. The fourth-order valence-corrected chi connectivity index (χ4v) is 12.7. The molecule has 2 aromatic heterocycles. The average Bonchev–Trinajstić information content (AvgIpc) is 4.05. The van der Waals surface area contributed by atoms with Gasteiger partial charge in [0.25, 0.3) is 0 Å². The van der Waals surface area contributed by atoms with Crippen LogP contribution in [0.5, 0.6) is 5.75 Å². The fourth-order valence-electron chi connectivity index (χ4n) is 12.7. The Bertz CT molecular complexity index is 2600. The van der Waals surface area contributed by atoms with Crippen LogP contribution in [0.1, 0.15) is 107 Å². The van der Waals surface area contributed by atoms with E-state index < -0.39 is 0 Å². The van der Waals surface area contributed by atoms with Gasteiger partial charge in [0.05, 0.1) is 29.0 Å². The number of amidine groups is 1. The number of rotatable bonds is 11. The van der Waals surface area contributed by atoms with Crippen LogP contribution in [-0.2, 0) is 4.79 Å². The maximum atomic E-state index is 15.7. The molecule has 15 heteroatoms. The second-order valence-electron chi connectivity index (χ2n) is 20.8. The summed E-state index contributed by atoms with van der Waals surface area (Å²) in [7, 11) is 0. The van der Waals surface area contributed by atoms with E-state index in [9.17, 15) is 14.7 Å². The van der Waals surface area contributed by atoms with Crippen molar-refractivity contribution in [1.29, 1.82) is 10.8 Å². The van der Waals surface area contributed by atoms with E-state index in [1.807, 2.05) is 12.3 Å². The zero-order chi connectivity index (χ0) is 46.0. The highest BCUT2D eigenvalue weighted by molar-refractivity contribution is 6.12. The lowest BCUT2D eigenvalue weighted by Crippen LogP contribution is -2.54. The number of likely N-dealkylation sites (tertiary alicyclic amines) is 2. The third kappa shape index (κ3) is 8.52. The summed E-state index contributed by atoms with van der Waals surface area (Å²) in [4.78, 5) is 40.5. The summed E-state index contributed by atoms with van der Waals surface area (Å²) < 4.78 is 18.1. The monoisotopic (exact) mass is 910 g/mol. The zero-order valence-corrected chi connectivity index (χ0v) is 38.4. The zero-order valence-electron chi connectivity index (χ0n) is 38.4. The first-order valence-corrected chi connectivity index (χ1v) is 24.8. The van der Waals surface area contributed by atoms with E-state index >= 15 is 4.39 Å². The number of pyridine rings is 1. The van der Waals surface area contributed by atoms with Gasteiger partial charge in [-0.3, -0.25) is 20.4 Å². The largest absolute Gasteiger partial charge is 0.507 e. The van der Waals surface area contributed by atoms with Crippen molar-refractivity contribution in [1.82, 2.24) is 24.7 Å². The van der Waals surface area contributed by atoms with Crippen molar-refractivity contribution in [3.05, 3.63) is 89.6 Å². The van der Waals surface area contributed by atoms with Crippen molar-refractivity contribution < 1.29 is 19.1 Å². The lowest BCUT2D eigenvalue weighted by atomic mass is 9.67. The van der Waals surface area contributed by atoms with Gasteiger partial charge in [0.1, 0.15) is 23.0 Å². The molecule has 7 fully saturated rings. The quantitative estimate of drug-likeness (QED) is 0.0742. The summed E-state index contributed by atoms with van der Waals surface area (Å²) in [6, 6.07) is 14.9. The third-order valence-electron chi connectivity index (χ3n) is 16.7. The van der Waals surface area contributed by atoms with E-state index in [-0.39, 0.29) is 47.1 Å². The smallest absolute Gasteiger partial charge is 0.328 e. The number of amides is 3. The first-order chi connectivity index (χ1) is 32.5. The number of nitrogens with one attached hydrogen (secondary N) is 3. The van der Waals surface area contributed by atoms with Gasteiger partial charge in [-0.25, -0.2) is 14.2 Å². The lowest BCUT2D eigenvalue weighted by molar-refractivity contribution is -0.120. The summed E-state index contributed by atoms with van der Waals surface area (Å²) in [5.74, 6) is 0.691. The predicted octanol–water partition coefficient (Wildman–Crippen LogP) is 7.86. The van der Waals surface area contributed by atoms with Gasteiger partial charge < -0.3 is 40.4 Å². The van der Waals surface area contributed by atoms with Crippen molar-refractivity contribution in [2.75, 3.05) is 67.1 Å². The molecule has 1 unspecified atom stereocenters. The number of carbonyl (C=O) groups is 2. The van der Waals surface area contributed by atoms with Crippen LogP contribution in [-0.4, -0.2) is 112 Å². The molecule has 2 atom stereocenters. The average molecular weight is 910 g/mol. The number of phenolic OH excluding ortho intramolecular Hbond substituents is 1. The number of halogens is 1. The van der Waals surface area contributed by atoms with Crippen LogP contribution in [0.2, 0.25) is 0 Å². The summed E-state index contributed by atoms with van der Waals surface area (Å²) in [5.41, 5.74) is 12.4. The number of aromatic hydroxyl groups is 1. The van der Waals surface area contributed by atoms with Gasteiger partial charge in [0.2, 0.25) is 5.91 Å². The number of urea groups is 1. The van der Waals surface area contributed by atoms with Crippen LogP contribution in [0.4, 0.5) is 26.2 Å². The molecule has 67 heavy (non-hydrogen) atoms. The first kappa shape index (κ1) is 43.6. The molecule has 2 aliphatic carbocycles. The van der Waals surface area contributed by atoms with Gasteiger partial charge in [0.15, 0.2) is 0 Å². The summed E-state index contributed by atoms with van der Waals surface area (Å²) in [6.45, 7) is 6.79. The maximum absolute atomic E-state index is 15.7. The number of nitrogens with zero attached hydrogens (tertiary/aromatic N) is 7. The van der Waals surface area contributed by atoms with Gasteiger partial charge in [-0.05, 0) is 155 Å². The number of hydrogen-bond acceptors (Lipinski definition) is 10. The normalized spacial score (nSPS) is 24.2. The Hall–Kier alpha value is -5.96. The number of allylic oxidation sites excluding steroid dienone is 1. The summed E-state index contributed by atoms with van der Waals surface area (Å²) >= 11 is 0. The number of nitrogens with two attached hydrogens (primary N) is 1. The number of carbonyl (C=O) groups excluding carboxylic acids is 2. The van der Waals surface area contributed by atoms with Gasteiger partial charge in [-0.1, -0.05) is 12.1 Å². The standard InChI is InChI=1S/C52H64FN11O3/c53-43-10-9-36(64-37-7-8-38(64)31-61(30-37)46(49(55)56)27-44(54)40-3-1-2-4-47(40)65)26-45(43)60-20-13-33(14-21-60)29-59-23-18-52(19-24-59)16-11-35(12-17-52)63-32-42(34-5-6-34)41-25-39(28-57-50(41)63)62-22-15-48(66)58-51(62)67/h1-4,9-10,25-28,32-35,37-38,54,65H,5-8,11-24,29-31H2,(H3,55,56)(H,58,66,67)/b46-27+,54-44?/t37-,38?/m1/s1. The van der Waals surface area contributed by atoms with Gasteiger partial charge in [-0.2, -0.15) is 0 Å². The van der Waals surface area contributed by atoms with E-state index in [0.29, 0.717) is 66.3 Å². The maximum Gasteiger partial charge on any atom is 0.328 e. The molecular formula is C52H64FN11O3. The molecule has 7 aliphatic rings. The number of anilines is 3. The van der Waals surface area contributed by atoms with Crippen LogP contribution in [0.3, 0.4) is 0 Å². The number of hydrogen-bond donors (Lipinski definition) is 5. The van der Waals surface area contributed by atoms with Crippen LogP contribution in [0, 0.1) is 28.0 Å². The minimum Gasteiger partial charge on any atom is -0.507 e. The molecule has 5 saturated heterocycles. The SMILES string of the molecule is N=C(N)/C(=C\C(=N)c1ccccc1O)N1CC2CC[C@H](C1)N2c1ccc(F)c(N2CCC(CN3CCC4(CCC(n5cc(C6CC6)c6cc(N7CCC(=O)NC7=O)cnc65)CC4)CC3)CC2)c1. The number of imide groups is 1. The minimum atomic E-state index is -0.368. The topological polar surface area (TPSA) is 174 Å². The Labute approximate surface area is 392 Å². The number of benzene rings is 2. The van der Waals surface area contributed by atoms with Crippen molar-refractivity contribution >= 4 is 51.6 Å². The van der Waals surface area contributed by atoms with Crippen molar-refractivity contribution in [2.45, 2.75) is 108 Å². The van der Waals surface area contributed by atoms with E-state index in [1.165, 1.54) is 44.1 Å². The van der Waals surface area contributed by atoms with Crippen LogP contribution in [0.15, 0.2) is 72.7 Å².